The van der Waals surface area contributed by atoms with E-state index in [4.69, 9.17) is 0 Å². The van der Waals surface area contributed by atoms with Crippen LogP contribution >= 0.6 is 0 Å². The fourth-order valence-electron chi connectivity index (χ4n) is 2.74. The van der Waals surface area contributed by atoms with Crippen molar-refractivity contribution in [2.45, 2.75) is 33.1 Å². The minimum Gasteiger partial charge on any atom is -0.335 e. The molecule has 3 aromatic rings. The summed E-state index contributed by atoms with van der Waals surface area (Å²) in [5.41, 5.74) is 4.46. The van der Waals surface area contributed by atoms with Crippen LogP contribution in [0.5, 0.6) is 0 Å². The lowest BCUT2D eigenvalue weighted by Crippen LogP contribution is -2.26. The largest absolute Gasteiger partial charge is 0.335 e. The minimum absolute atomic E-state index is 0.00192. The molecule has 116 valence electrons. The number of H-pyrrole nitrogens is 1. The Hall–Kier alpha value is -2.83. The predicted molar refractivity (Wildman–Crippen MR) is 86.0 cm³/mol. The number of rotatable bonds is 1. The van der Waals surface area contributed by atoms with Gasteiger partial charge in [0.25, 0.3) is 0 Å². The van der Waals surface area contributed by atoms with Crippen LogP contribution in [0.25, 0.3) is 22.7 Å². The molecule has 1 amide bonds. The summed E-state index contributed by atoms with van der Waals surface area (Å²) in [7, 11) is 0. The zero-order valence-electron chi connectivity index (χ0n) is 13.4. The molecule has 7 heteroatoms. The molecule has 4 rings (SSSR count). The van der Waals surface area contributed by atoms with Crippen molar-refractivity contribution in [2.24, 2.45) is 0 Å². The third kappa shape index (κ3) is 1.93. The summed E-state index contributed by atoms with van der Waals surface area (Å²) in [6.07, 6.45) is 0. The van der Waals surface area contributed by atoms with E-state index in [1.807, 2.05) is 39.8 Å². The molecule has 0 fully saturated rings. The highest BCUT2D eigenvalue weighted by atomic mass is 16.2. The molecule has 0 unspecified atom stereocenters. The fourth-order valence-corrected chi connectivity index (χ4v) is 2.74. The number of carbonyl (C=O) groups is 1. The maximum atomic E-state index is 12.0. The van der Waals surface area contributed by atoms with Crippen LogP contribution in [0.15, 0.2) is 12.1 Å². The van der Waals surface area contributed by atoms with Crippen LogP contribution < -0.4 is 5.32 Å². The molecule has 23 heavy (non-hydrogen) atoms. The van der Waals surface area contributed by atoms with Crippen LogP contribution in [0.4, 0.5) is 5.69 Å². The van der Waals surface area contributed by atoms with Gasteiger partial charge in [-0.15, -0.1) is 5.10 Å². The predicted octanol–water partition coefficient (Wildman–Crippen LogP) is 2.26. The van der Waals surface area contributed by atoms with E-state index >= 15 is 0 Å². The molecule has 0 radical (unpaired) electrons. The van der Waals surface area contributed by atoms with Crippen LogP contribution in [-0.2, 0) is 10.2 Å². The summed E-state index contributed by atoms with van der Waals surface area (Å²) in [5, 5.41) is 11.1. The molecular weight excluding hydrogens is 292 g/mol. The van der Waals surface area contributed by atoms with Gasteiger partial charge >= 0.3 is 0 Å². The first kappa shape index (κ1) is 13.8. The molecule has 0 atom stereocenters. The maximum absolute atomic E-state index is 12.0. The summed E-state index contributed by atoms with van der Waals surface area (Å²) >= 11 is 0. The average molecular weight is 308 g/mol. The lowest BCUT2D eigenvalue weighted by Gasteiger charge is -2.14. The number of anilines is 1. The Bertz CT molecular complexity index is 972. The summed E-state index contributed by atoms with van der Waals surface area (Å²) in [5.74, 6) is 1.04. The number of nitrogens with zero attached hydrogens (tertiary/aromatic N) is 4. The first-order chi connectivity index (χ1) is 10.9. The Morgan fingerprint density at radius 2 is 1.83 bits per heavy atom. The van der Waals surface area contributed by atoms with E-state index < -0.39 is 5.41 Å². The number of aromatic nitrogens is 5. The second-order valence-electron chi connectivity index (χ2n) is 6.39. The highest BCUT2D eigenvalue weighted by molar-refractivity contribution is 6.07. The zero-order valence-corrected chi connectivity index (χ0v) is 13.4. The normalized spacial score (nSPS) is 15.7. The number of amides is 1. The van der Waals surface area contributed by atoms with Crippen molar-refractivity contribution >= 4 is 22.6 Å². The van der Waals surface area contributed by atoms with Crippen LogP contribution in [0.1, 0.15) is 30.8 Å². The Labute approximate surface area is 132 Å². The number of nitrogens with one attached hydrogen (secondary N) is 2. The Balaban J connectivity index is 1.87. The molecule has 3 heterocycles. The number of aromatic amines is 1. The van der Waals surface area contributed by atoms with Gasteiger partial charge in [-0.3, -0.25) is 4.79 Å². The van der Waals surface area contributed by atoms with Gasteiger partial charge in [0.2, 0.25) is 11.7 Å². The standard InChI is InChI=1S/C16H16N6O/c1-7-8(2)21-22-14(17-7)13-18-11-5-9-10(6-12(11)19-13)20-15(23)16(9,3)4/h5-6H,1-4H3,(H,18,19)(H,20,23). The van der Waals surface area contributed by atoms with E-state index in [1.165, 1.54) is 0 Å². The molecule has 1 aliphatic rings. The Kier molecular flexibility index (Phi) is 2.61. The number of fused-ring (bicyclic) bond motifs is 2. The van der Waals surface area contributed by atoms with Gasteiger partial charge in [0.15, 0.2) is 5.82 Å². The summed E-state index contributed by atoms with van der Waals surface area (Å²) in [4.78, 5) is 24.2. The first-order valence-corrected chi connectivity index (χ1v) is 7.40. The molecule has 0 saturated heterocycles. The highest BCUT2D eigenvalue weighted by Crippen LogP contribution is 2.39. The van der Waals surface area contributed by atoms with Crippen molar-refractivity contribution in [3.8, 4) is 11.6 Å². The lowest BCUT2D eigenvalue weighted by atomic mass is 9.86. The summed E-state index contributed by atoms with van der Waals surface area (Å²) < 4.78 is 0. The van der Waals surface area contributed by atoms with Gasteiger partial charge in [-0.1, -0.05) is 0 Å². The molecule has 0 saturated carbocycles. The van der Waals surface area contributed by atoms with E-state index in [0.29, 0.717) is 11.6 Å². The molecule has 1 aromatic carbocycles. The molecule has 0 bridgehead atoms. The third-order valence-corrected chi connectivity index (χ3v) is 4.41. The lowest BCUT2D eigenvalue weighted by molar-refractivity contribution is -0.119. The highest BCUT2D eigenvalue weighted by Gasteiger charge is 2.38. The summed E-state index contributed by atoms with van der Waals surface area (Å²) in [6.45, 7) is 7.57. The molecule has 2 aromatic heterocycles. The zero-order chi connectivity index (χ0) is 16.4. The van der Waals surface area contributed by atoms with Crippen molar-refractivity contribution in [1.82, 2.24) is 25.1 Å². The van der Waals surface area contributed by atoms with Crippen LogP contribution in [-0.4, -0.2) is 31.1 Å². The van der Waals surface area contributed by atoms with Gasteiger partial charge in [0, 0.05) is 5.69 Å². The van der Waals surface area contributed by atoms with Crippen molar-refractivity contribution in [3.05, 3.63) is 29.1 Å². The topological polar surface area (TPSA) is 96.5 Å². The van der Waals surface area contributed by atoms with Crippen molar-refractivity contribution in [2.75, 3.05) is 5.32 Å². The summed E-state index contributed by atoms with van der Waals surface area (Å²) in [6, 6.07) is 3.85. The minimum atomic E-state index is -0.554. The molecule has 1 aliphatic heterocycles. The quantitative estimate of drug-likeness (QED) is 0.719. The molecular formula is C16H16N6O. The van der Waals surface area contributed by atoms with Crippen LogP contribution in [0.3, 0.4) is 0 Å². The second kappa shape index (κ2) is 4.34. The average Bonchev–Trinajstić information content (AvgIpc) is 3.00. The third-order valence-electron chi connectivity index (χ3n) is 4.41. The van der Waals surface area contributed by atoms with Gasteiger partial charge < -0.3 is 10.3 Å². The number of imidazole rings is 1. The number of benzene rings is 1. The Morgan fingerprint density at radius 1 is 1.04 bits per heavy atom. The van der Waals surface area contributed by atoms with E-state index in [1.54, 1.807) is 0 Å². The molecule has 0 spiro atoms. The van der Waals surface area contributed by atoms with Gasteiger partial charge in [-0.05, 0) is 45.4 Å². The Morgan fingerprint density at radius 3 is 2.57 bits per heavy atom. The number of hydrogen-bond acceptors (Lipinski definition) is 5. The van der Waals surface area contributed by atoms with Crippen molar-refractivity contribution in [1.29, 1.82) is 0 Å². The SMILES string of the molecule is Cc1nnc(-c2nc3cc4c(cc3[nH]2)NC(=O)C4(C)C)nc1C. The second-order valence-corrected chi connectivity index (χ2v) is 6.39. The maximum Gasteiger partial charge on any atom is 0.234 e. The van der Waals surface area contributed by atoms with E-state index in [9.17, 15) is 4.79 Å². The van der Waals surface area contributed by atoms with E-state index in [-0.39, 0.29) is 5.91 Å². The number of carbonyl (C=O) groups excluding carboxylic acids is 1. The van der Waals surface area contributed by atoms with Gasteiger partial charge in [-0.2, -0.15) is 5.10 Å². The smallest absolute Gasteiger partial charge is 0.234 e. The van der Waals surface area contributed by atoms with E-state index in [0.717, 1.165) is 33.7 Å². The van der Waals surface area contributed by atoms with E-state index in [2.05, 4.69) is 30.5 Å². The van der Waals surface area contributed by atoms with Crippen molar-refractivity contribution in [3.63, 3.8) is 0 Å². The molecule has 7 nitrogen and oxygen atoms in total. The molecule has 0 aliphatic carbocycles. The number of hydrogen-bond donors (Lipinski definition) is 2. The van der Waals surface area contributed by atoms with Gasteiger partial charge in [0.1, 0.15) is 0 Å². The van der Waals surface area contributed by atoms with Crippen molar-refractivity contribution < 1.29 is 4.79 Å². The fraction of sp³-hybridized carbons (Fsp3) is 0.312. The van der Waals surface area contributed by atoms with Gasteiger partial charge in [-0.25, -0.2) is 9.97 Å². The van der Waals surface area contributed by atoms with Crippen LogP contribution in [0, 0.1) is 13.8 Å². The van der Waals surface area contributed by atoms with Crippen LogP contribution in [0.2, 0.25) is 0 Å². The molecule has 2 N–H and O–H groups in total. The van der Waals surface area contributed by atoms with Gasteiger partial charge in [0.05, 0.1) is 27.8 Å². The number of aryl methyl sites for hydroxylation is 2. The first-order valence-electron chi connectivity index (χ1n) is 7.40. The monoisotopic (exact) mass is 308 g/mol.